The molecule has 0 fully saturated rings. The molecular formula is C21H36ClNO2. The first kappa shape index (κ1) is 23.9. The Labute approximate surface area is 160 Å². The van der Waals surface area contributed by atoms with Gasteiger partial charge in [-0.3, -0.25) is 0 Å². The van der Waals surface area contributed by atoms with Crippen LogP contribution >= 0.6 is 0 Å². The zero-order valence-electron chi connectivity index (χ0n) is 16.5. The minimum absolute atomic E-state index is 0. The number of rotatable bonds is 12. The highest BCUT2D eigenvalue weighted by atomic mass is 35.5. The highest BCUT2D eigenvalue weighted by Crippen LogP contribution is 2.20. The number of benzene rings is 1. The van der Waals surface area contributed by atoms with Crippen LogP contribution in [0.1, 0.15) is 75.2 Å². The maximum absolute atomic E-state index is 11.6. The molecule has 1 rings (SSSR count). The number of halogens is 1. The third-order valence-electron chi connectivity index (χ3n) is 4.85. The minimum Gasteiger partial charge on any atom is -1.00 e. The molecule has 25 heavy (non-hydrogen) atoms. The van der Waals surface area contributed by atoms with Crippen molar-refractivity contribution in [2.45, 2.75) is 65.8 Å². The topological polar surface area (TPSA) is 26.3 Å². The smallest absolute Gasteiger partial charge is 0.337 e. The largest absolute Gasteiger partial charge is 1.00 e. The normalized spacial score (nSPS) is 11.0. The Morgan fingerprint density at radius 1 is 0.880 bits per heavy atom. The van der Waals surface area contributed by atoms with Gasteiger partial charge in [0.2, 0.25) is 0 Å². The molecule has 1 aromatic rings. The van der Waals surface area contributed by atoms with Crippen molar-refractivity contribution in [3.63, 3.8) is 0 Å². The van der Waals surface area contributed by atoms with E-state index < -0.39 is 0 Å². The molecule has 0 saturated carbocycles. The second-order valence-corrected chi connectivity index (χ2v) is 6.92. The molecule has 0 amide bonds. The summed E-state index contributed by atoms with van der Waals surface area (Å²) in [4.78, 5) is 11.6. The van der Waals surface area contributed by atoms with Crippen molar-refractivity contribution in [3.05, 3.63) is 35.4 Å². The number of carbonyl (C=O) groups excluding carboxylic acids is 1. The van der Waals surface area contributed by atoms with Crippen LogP contribution in [0.3, 0.4) is 0 Å². The van der Waals surface area contributed by atoms with Crippen molar-refractivity contribution in [1.29, 1.82) is 0 Å². The molecule has 0 aliphatic rings. The summed E-state index contributed by atoms with van der Waals surface area (Å²) in [6, 6.07) is 8.00. The fourth-order valence-electron chi connectivity index (χ4n) is 3.30. The summed E-state index contributed by atoms with van der Waals surface area (Å²) >= 11 is 0. The standard InChI is InChI=1S/C21H36NO2.ClH/c1-5-8-15-22(16-9-6-2,17-10-7-3)18-19-11-13-20(14-12-19)21(23)24-4;/h11-14H,5-10,15-18H2,1-4H3;1H/q+1;/p-1. The molecule has 4 heteroatoms. The van der Waals surface area contributed by atoms with Crippen molar-refractivity contribution in [1.82, 2.24) is 0 Å². The van der Waals surface area contributed by atoms with Gasteiger partial charge in [0.25, 0.3) is 0 Å². The quantitative estimate of drug-likeness (QED) is 0.417. The molecule has 0 aliphatic carbocycles. The Morgan fingerprint density at radius 2 is 1.32 bits per heavy atom. The lowest BCUT2D eigenvalue weighted by Crippen LogP contribution is -3.00. The second kappa shape index (κ2) is 13.2. The molecule has 3 nitrogen and oxygen atoms in total. The van der Waals surface area contributed by atoms with Crippen LogP contribution < -0.4 is 12.4 Å². The van der Waals surface area contributed by atoms with E-state index in [9.17, 15) is 4.79 Å². The van der Waals surface area contributed by atoms with Crippen LogP contribution in [0.15, 0.2) is 24.3 Å². The van der Waals surface area contributed by atoms with Gasteiger partial charge in [-0.2, -0.15) is 0 Å². The Hall–Kier alpha value is -1.06. The molecule has 0 saturated heterocycles. The van der Waals surface area contributed by atoms with Gasteiger partial charge in [0.1, 0.15) is 6.54 Å². The highest BCUT2D eigenvalue weighted by Gasteiger charge is 2.26. The number of ether oxygens (including phenoxy) is 1. The number of unbranched alkanes of at least 4 members (excludes halogenated alkanes) is 3. The highest BCUT2D eigenvalue weighted by molar-refractivity contribution is 5.89. The SMILES string of the molecule is CCCC[N+](CCCC)(CCCC)Cc1ccc(C(=O)OC)cc1.[Cl-]. The molecule has 1 aromatic carbocycles. The van der Waals surface area contributed by atoms with Gasteiger partial charge in [-0.15, -0.1) is 0 Å². The van der Waals surface area contributed by atoms with Crippen molar-refractivity contribution in [2.75, 3.05) is 26.7 Å². The Morgan fingerprint density at radius 3 is 1.68 bits per heavy atom. The van der Waals surface area contributed by atoms with Crippen LogP contribution in [0.2, 0.25) is 0 Å². The first-order valence-electron chi connectivity index (χ1n) is 9.63. The van der Waals surface area contributed by atoms with Crippen LogP contribution in [-0.4, -0.2) is 37.2 Å². The summed E-state index contributed by atoms with van der Waals surface area (Å²) in [5.74, 6) is -0.259. The van der Waals surface area contributed by atoms with Gasteiger partial charge in [-0.05, 0) is 31.4 Å². The first-order chi connectivity index (χ1) is 11.6. The van der Waals surface area contributed by atoms with E-state index in [1.165, 1.54) is 75.3 Å². The molecule has 0 heterocycles. The van der Waals surface area contributed by atoms with E-state index in [4.69, 9.17) is 4.74 Å². The average molecular weight is 370 g/mol. The number of esters is 1. The molecule has 0 N–H and O–H groups in total. The fourth-order valence-corrected chi connectivity index (χ4v) is 3.30. The third-order valence-corrected chi connectivity index (χ3v) is 4.85. The molecule has 0 aliphatic heterocycles. The van der Waals surface area contributed by atoms with Gasteiger partial charge in [0.15, 0.2) is 0 Å². The van der Waals surface area contributed by atoms with E-state index in [-0.39, 0.29) is 18.4 Å². The van der Waals surface area contributed by atoms with Gasteiger partial charge >= 0.3 is 5.97 Å². The molecule has 0 aromatic heterocycles. The summed E-state index contributed by atoms with van der Waals surface area (Å²) in [7, 11) is 1.43. The van der Waals surface area contributed by atoms with Gasteiger partial charge < -0.3 is 21.6 Å². The van der Waals surface area contributed by atoms with E-state index in [1.807, 2.05) is 12.1 Å². The number of quaternary nitrogens is 1. The Kier molecular flexibility index (Phi) is 12.6. The molecule has 0 atom stereocenters. The fraction of sp³-hybridized carbons (Fsp3) is 0.667. The molecule has 0 unspecified atom stereocenters. The number of hydrogen-bond acceptors (Lipinski definition) is 2. The second-order valence-electron chi connectivity index (χ2n) is 6.92. The van der Waals surface area contributed by atoms with Crippen molar-refractivity contribution in [2.24, 2.45) is 0 Å². The summed E-state index contributed by atoms with van der Waals surface area (Å²) < 4.78 is 5.98. The maximum atomic E-state index is 11.6. The van der Waals surface area contributed by atoms with Gasteiger partial charge in [0.05, 0.1) is 32.3 Å². The van der Waals surface area contributed by atoms with Crippen LogP contribution in [0.25, 0.3) is 0 Å². The Bertz CT molecular complexity index is 452. The van der Waals surface area contributed by atoms with Crippen LogP contribution in [0, 0.1) is 0 Å². The van der Waals surface area contributed by atoms with Crippen molar-refractivity contribution < 1.29 is 26.4 Å². The maximum Gasteiger partial charge on any atom is 0.337 e. The molecular weight excluding hydrogens is 334 g/mol. The zero-order chi connectivity index (χ0) is 17.8. The van der Waals surface area contributed by atoms with Crippen molar-refractivity contribution in [3.8, 4) is 0 Å². The van der Waals surface area contributed by atoms with E-state index in [0.717, 1.165) is 6.54 Å². The summed E-state index contributed by atoms with van der Waals surface area (Å²) in [6.45, 7) is 11.7. The lowest BCUT2D eigenvalue weighted by atomic mass is 10.1. The van der Waals surface area contributed by atoms with Crippen LogP contribution in [-0.2, 0) is 11.3 Å². The van der Waals surface area contributed by atoms with E-state index in [1.54, 1.807) is 0 Å². The predicted molar refractivity (Wildman–Crippen MR) is 101 cm³/mol. The number of methoxy groups -OCH3 is 1. The van der Waals surface area contributed by atoms with Crippen molar-refractivity contribution >= 4 is 5.97 Å². The van der Waals surface area contributed by atoms with Crippen LogP contribution in [0.5, 0.6) is 0 Å². The number of carbonyl (C=O) groups is 1. The lowest BCUT2D eigenvalue weighted by Gasteiger charge is -2.39. The van der Waals surface area contributed by atoms with E-state index in [2.05, 4.69) is 32.9 Å². The molecule has 0 bridgehead atoms. The van der Waals surface area contributed by atoms with Gasteiger partial charge in [-0.25, -0.2) is 4.79 Å². The molecule has 144 valence electrons. The summed E-state index contributed by atoms with van der Waals surface area (Å²) in [6.07, 6.45) is 7.60. The monoisotopic (exact) mass is 369 g/mol. The molecule has 0 spiro atoms. The summed E-state index contributed by atoms with van der Waals surface area (Å²) in [5, 5.41) is 0. The van der Waals surface area contributed by atoms with Gasteiger partial charge in [-0.1, -0.05) is 52.2 Å². The van der Waals surface area contributed by atoms with E-state index in [0.29, 0.717) is 5.56 Å². The van der Waals surface area contributed by atoms with Gasteiger partial charge in [0, 0.05) is 5.56 Å². The average Bonchev–Trinajstić information content (AvgIpc) is 2.62. The van der Waals surface area contributed by atoms with Crippen LogP contribution in [0.4, 0.5) is 0 Å². The predicted octanol–water partition coefficient (Wildman–Crippen LogP) is 2.19. The summed E-state index contributed by atoms with van der Waals surface area (Å²) in [5.41, 5.74) is 1.96. The minimum atomic E-state index is -0.259. The zero-order valence-corrected chi connectivity index (χ0v) is 17.3. The number of nitrogens with zero attached hydrogens (tertiary/aromatic N) is 1. The number of hydrogen-bond donors (Lipinski definition) is 0. The first-order valence-corrected chi connectivity index (χ1v) is 9.63. The van der Waals surface area contributed by atoms with E-state index >= 15 is 0 Å². The molecule has 0 radical (unpaired) electrons. The lowest BCUT2D eigenvalue weighted by molar-refractivity contribution is -0.941. The third kappa shape index (κ3) is 8.24. The Balaban J connectivity index is 0.00000576.